The highest BCUT2D eigenvalue weighted by Gasteiger charge is 2.51. The van der Waals surface area contributed by atoms with Gasteiger partial charge in [0, 0.05) is 5.92 Å². The van der Waals surface area contributed by atoms with Crippen LogP contribution in [0.5, 0.6) is 0 Å². The average molecular weight is 431 g/mol. The molecule has 3 aromatic rings. The Morgan fingerprint density at radius 2 is 0.969 bits per heavy atom. The number of ether oxygens (including phenoxy) is 3. The molecule has 5 atom stereocenters. The number of hydrogen-bond donors (Lipinski definition) is 1. The van der Waals surface area contributed by atoms with Gasteiger partial charge in [-0.2, -0.15) is 0 Å². The van der Waals surface area contributed by atoms with Gasteiger partial charge in [0.2, 0.25) is 0 Å². The van der Waals surface area contributed by atoms with Gasteiger partial charge in [-0.1, -0.05) is 97.1 Å². The number of aliphatic hydroxyl groups excluding tert-OH is 1. The molecule has 1 aliphatic rings. The summed E-state index contributed by atoms with van der Waals surface area (Å²) >= 11 is 0. The van der Waals surface area contributed by atoms with Crippen LogP contribution in [0.25, 0.3) is 0 Å². The van der Waals surface area contributed by atoms with E-state index in [1.54, 1.807) is 6.08 Å². The van der Waals surface area contributed by atoms with E-state index in [0.717, 1.165) is 16.7 Å². The van der Waals surface area contributed by atoms with E-state index >= 15 is 0 Å². The molecule has 0 aromatic heterocycles. The van der Waals surface area contributed by atoms with Crippen molar-refractivity contribution in [2.24, 2.45) is 5.92 Å². The Balaban J connectivity index is 1.52. The van der Waals surface area contributed by atoms with Crippen molar-refractivity contribution in [2.75, 3.05) is 0 Å². The van der Waals surface area contributed by atoms with Crippen LogP contribution in [0.2, 0.25) is 0 Å². The first-order chi connectivity index (χ1) is 15.8. The molecule has 4 heteroatoms. The first-order valence-corrected chi connectivity index (χ1v) is 11.0. The fourth-order valence-corrected chi connectivity index (χ4v) is 4.18. The molecule has 166 valence electrons. The number of hydrogen-bond acceptors (Lipinski definition) is 4. The highest BCUT2D eigenvalue weighted by molar-refractivity contribution is 5.17. The molecule has 0 heterocycles. The Hall–Kier alpha value is -2.76. The third kappa shape index (κ3) is 5.53. The van der Waals surface area contributed by atoms with Gasteiger partial charge in [0.1, 0.15) is 12.2 Å². The maximum atomic E-state index is 11.1. The maximum Gasteiger partial charge on any atom is 0.113 e. The summed E-state index contributed by atoms with van der Waals surface area (Å²) in [4.78, 5) is 0. The lowest BCUT2D eigenvalue weighted by atomic mass is 10.0. The molecule has 0 aliphatic heterocycles. The standard InChI is InChI=1S/C28H30O4/c1-2-24-25(29)27(31-19-22-14-8-4-9-15-22)28(32-20-23-16-10-5-11-17-23)26(24)30-18-21-12-6-3-7-13-21/h2-17,24-29H,1,18-20H2/t24-,25+,26+,27-,28-/m0/s1. The Morgan fingerprint density at radius 3 is 1.38 bits per heavy atom. The third-order valence-corrected chi connectivity index (χ3v) is 5.89. The minimum absolute atomic E-state index is 0.291. The molecule has 32 heavy (non-hydrogen) atoms. The topological polar surface area (TPSA) is 47.9 Å². The molecule has 3 aromatic carbocycles. The minimum Gasteiger partial charge on any atom is -0.390 e. The van der Waals surface area contributed by atoms with Crippen LogP contribution in [0.15, 0.2) is 104 Å². The van der Waals surface area contributed by atoms with Crippen molar-refractivity contribution in [3.63, 3.8) is 0 Å². The van der Waals surface area contributed by atoms with E-state index < -0.39 is 18.3 Å². The van der Waals surface area contributed by atoms with Crippen molar-refractivity contribution in [2.45, 2.75) is 44.2 Å². The van der Waals surface area contributed by atoms with Gasteiger partial charge in [-0.25, -0.2) is 0 Å². The van der Waals surface area contributed by atoms with Crippen LogP contribution in [0.1, 0.15) is 16.7 Å². The van der Waals surface area contributed by atoms with Gasteiger partial charge in [0.15, 0.2) is 0 Å². The molecule has 0 saturated heterocycles. The third-order valence-electron chi connectivity index (χ3n) is 5.89. The highest BCUT2D eigenvalue weighted by Crippen LogP contribution is 2.36. The fraction of sp³-hybridized carbons (Fsp3) is 0.286. The average Bonchev–Trinajstić information content (AvgIpc) is 3.11. The van der Waals surface area contributed by atoms with Crippen molar-refractivity contribution in [3.05, 3.63) is 120 Å². The first-order valence-electron chi connectivity index (χ1n) is 11.0. The molecule has 0 spiro atoms. The molecule has 4 nitrogen and oxygen atoms in total. The first kappa shape index (κ1) is 22.4. The predicted octanol–water partition coefficient (Wildman–Crippen LogP) is 4.92. The SMILES string of the molecule is C=C[C@H]1[C@@H](O)[C@H](OCc2ccccc2)[C@@H](OCc2ccccc2)[C@@H]1OCc1ccccc1. The van der Waals surface area contributed by atoms with Crippen LogP contribution < -0.4 is 0 Å². The lowest BCUT2D eigenvalue weighted by molar-refractivity contribution is -0.134. The molecule has 1 N–H and O–H groups in total. The molecule has 0 radical (unpaired) electrons. The maximum absolute atomic E-state index is 11.1. The summed E-state index contributed by atoms with van der Waals surface area (Å²) in [6, 6.07) is 30.0. The second-order valence-corrected chi connectivity index (χ2v) is 8.09. The van der Waals surface area contributed by atoms with Crippen molar-refractivity contribution >= 4 is 0 Å². The molecule has 0 bridgehead atoms. The van der Waals surface area contributed by atoms with Crippen molar-refractivity contribution in [3.8, 4) is 0 Å². The number of benzene rings is 3. The zero-order chi connectivity index (χ0) is 22.2. The molecule has 4 rings (SSSR count). The van der Waals surface area contributed by atoms with Crippen molar-refractivity contribution in [1.82, 2.24) is 0 Å². The number of rotatable bonds is 10. The molecule has 1 saturated carbocycles. The summed E-state index contributed by atoms with van der Waals surface area (Å²) in [7, 11) is 0. The summed E-state index contributed by atoms with van der Waals surface area (Å²) in [5, 5.41) is 11.1. The van der Waals surface area contributed by atoms with Gasteiger partial charge < -0.3 is 19.3 Å². The van der Waals surface area contributed by atoms with Gasteiger partial charge >= 0.3 is 0 Å². The van der Waals surface area contributed by atoms with Crippen LogP contribution in [0, 0.1) is 5.92 Å². The Kier molecular flexibility index (Phi) is 7.86. The lowest BCUT2D eigenvalue weighted by Gasteiger charge is -2.26. The summed E-state index contributed by atoms with van der Waals surface area (Å²) in [5.41, 5.74) is 3.18. The molecule has 1 aliphatic carbocycles. The van der Waals surface area contributed by atoms with E-state index in [1.165, 1.54) is 0 Å². The normalized spacial score (nSPS) is 25.0. The Labute approximate surface area is 190 Å². The van der Waals surface area contributed by atoms with Crippen LogP contribution >= 0.6 is 0 Å². The summed E-state index contributed by atoms with van der Waals surface area (Å²) in [6.45, 7) is 5.19. The molecule has 0 unspecified atom stereocenters. The molecular weight excluding hydrogens is 400 g/mol. The van der Waals surface area contributed by atoms with Gasteiger partial charge in [-0.3, -0.25) is 0 Å². The fourth-order valence-electron chi connectivity index (χ4n) is 4.18. The van der Waals surface area contributed by atoms with Gasteiger partial charge in [0.25, 0.3) is 0 Å². The second-order valence-electron chi connectivity index (χ2n) is 8.09. The molecule has 0 amide bonds. The zero-order valence-electron chi connectivity index (χ0n) is 18.1. The summed E-state index contributed by atoms with van der Waals surface area (Å²) in [6.07, 6.45) is -0.335. The van der Waals surface area contributed by atoms with Gasteiger partial charge in [-0.15, -0.1) is 6.58 Å². The molecular formula is C28H30O4. The van der Waals surface area contributed by atoms with E-state index in [9.17, 15) is 5.11 Å². The highest BCUT2D eigenvalue weighted by atomic mass is 16.6. The van der Waals surface area contributed by atoms with Crippen molar-refractivity contribution in [1.29, 1.82) is 0 Å². The molecule has 1 fully saturated rings. The van der Waals surface area contributed by atoms with E-state index in [4.69, 9.17) is 14.2 Å². The predicted molar refractivity (Wildman–Crippen MR) is 125 cm³/mol. The monoisotopic (exact) mass is 430 g/mol. The number of aliphatic hydroxyl groups is 1. The van der Waals surface area contributed by atoms with Crippen LogP contribution in [-0.2, 0) is 34.0 Å². The quantitative estimate of drug-likeness (QED) is 0.464. The van der Waals surface area contributed by atoms with Crippen LogP contribution in [0.3, 0.4) is 0 Å². The van der Waals surface area contributed by atoms with E-state index in [0.29, 0.717) is 19.8 Å². The Bertz CT molecular complexity index is 945. The smallest absolute Gasteiger partial charge is 0.113 e. The van der Waals surface area contributed by atoms with Gasteiger partial charge in [-0.05, 0) is 16.7 Å². The zero-order valence-corrected chi connectivity index (χ0v) is 18.1. The lowest BCUT2D eigenvalue weighted by Crippen LogP contribution is -2.38. The summed E-state index contributed by atoms with van der Waals surface area (Å²) < 4.78 is 18.9. The Morgan fingerprint density at radius 1 is 0.594 bits per heavy atom. The second kappa shape index (κ2) is 11.2. The van der Waals surface area contributed by atoms with E-state index in [2.05, 4.69) is 6.58 Å². The van der Waals surface area contributed by atoms with Crippen molar-refractivity contribution < 1.29 is 19.3 Å². The van der Waals surface area contributed by atoms with Crippen LogP contribution in [-0.4, -0.2) is 29.5 Å². The van der Waals surface area contributed by atoms with Gasteiger partial charge in [0.05, 0.1) is 32.0 Å². The van der Waals surface area contributed by atoms with E-state index in [1.807, 2.05) is 91.0 Å². The largest absolute Gasteiger partial charge is 0.390 e. The van der Waals surface area contributed by atoms with Crippen LogP contribution in [0.4, 0.5) is 0 Å². The minimum atomic E-state index is -0.766. The summed E-state index contributed by atoms with van der Waals surface area (Å²) in [5.74, 6) is -0.291. The van der Waals surface area contributed by atoms with E-state index in [-0.39, 0.29) is 12.0 Å².